The minimum Gasteiger partial charge on any atom is -0.378 e. The van der Waals surface area contributed by atoms with Gasteiger partial charge in [-0.25, -0.2) is 0 Å². The highest BCUT2D eigenvalue weighted by molar-refractivity contribution is 5.91. The van der Waals surface area contributed by atoms with Crippen molar-refractivity contribution in [1.29, 1.82) is 0 Å². The lowest BCUT2D eigenvalue weighted by Gasteiger charge is -2.36. The van der Waals surface area contributed by atoms with E-state index in [1.165, 1.54) is 0 Å². The number of carbonyl (C=O) groups excluding carboxylic acids is 2. The zero-order valence-electron chi connectivity index (χ0n) is 11.7. The van der Waals surface area contributed by atoms with E-state index < -0.39 is 6.04 Å². The fraction of sp³-hybridized carbons (Fsp3) is 0.846. The largest absolute Gasteiger partial charge is 0.378 e. The summed E-state index contributed by atoms with van der Waals surface area (Å²) in [6.45, 7) is 6.89. The minimum absolute atomic E-state index is 0.0285. The first-order valence-electron chi connectivity index (χ1n) is 6.95. The monoisotopic (exact) mass is 269 g/mol. The number of morpholine rings is 1. The predicted octanol–water partition coefficient (Wildman–Crippen LogP) is -0.571. The molecule has 0 radical (unpaired) electrons. The van der Waals surface area contributed by atoms with Crippen molar-refractivity contribution in [3.05, 3.63) is 0 Å². The van der Waals surface area contributed by atoms with Crippen LogP contribution in [0.3, 0.4) is 0 Å². The SMILES string of the molecule is CC(C)[C@@H](C(=O)N1CCOCC1)N1CC[C@H](N)C1=O. The maximum Gasteiger partial charge on any atom is 0.245 e. The zero-order valence-corrected chi connectivity index (χ0v) is 11.7. The molecule has 2 rings (SSSR count). The van der Waals surface area contributed by atoms with Gasteiger partial charge in [-0.15, -0.1) is 0 Å². The second kappa shape index (κ2) is 5.88. The minimum atomic E-state index is -0.446. The summed E-state index contributed by atoms with van der Waals surface area (Å²) in [5.41, 5.74) is 5.75. The number of likely N-dealkylation sites (tertiary alicyclic amines) is 1. The van der Waals surface area contributed by atoms with Crippen molar-refractivity contribution in [3.8, 4) is 0 Å². The summed E-state index contributed by atoms with van der Waals surface area (Å²) in [4.78, 5) is 28.1. The van der Waals surface area contributed by atoms with Crippen molar-refractivity contribution >= 4 is 11.8 Å². The van der Waals surface area contributed by atoms with Gasteiger partial charge in [-0.05, 0) is 12.3 Å². The molecule has 2 saturated heterocycles. The summed E-state index contributed by atoms with van der Waals surface area (Å²) in [5, 5.41) is 0. The highest BCUT2D eigenvalue weighted by Crippen LogP contribution is 2.21. The van der Waals surface area contributed by atoms with Crippen LogP contribution in [0.25, 0.3) is 0 Å². The van der Waals surface area contributed by atoms with Crippen LogP contribution in [-0.2, 0) is 14.3 Å². The summed E-state index contributed by atoms with van der Waals surface area (Å²) in [6.07, 6.45) is 0.637. The molecule has 0 saturated carbocycles. The van der Waals surface area contributed by atoms with Crippen molar-refractivity contribution in [1.82, 2.24) is 9.80 Å². The van der Waals surface area contributed by atoms with Gasteiger partial charge in [-0.3, -0.25) is 9.59 Å². The van der Waals surface area contributed by atoms with Gasteiger partial charge in [0.15, 0.2) is 0 Å². The molecule has 2 atom stereocenters. The van der Waals surface area contributed by atoms with Gasteiger partial charge in [0.05, 0.1) is 19.3 Å². The van der Waals surface area contributed by atoms with Crippen LogP contribution in [0.5, 0.6) is 0 Å². The van der Waals surface area contributed by atoms with Crippen molar-refractivity contribution in [3.63, 3.8) is 0 Å². The van der Waals surface area contributed by atoms with Crippen molar-refractivity contribution in [2.24, 2.45) is 11.7 Å². The van der Waals surface area contributed by atoms with Crippen LogP contribution < -0.4 is 5.73 Å². The van der Waals surface area contributed by atoms with E-state index in [4.69, 9.17) is 10.5 Å². The maximum atomic E-state index is 12.6. The van der Waals surface area contributed by atoms with Crippen LogP contribution in [0.1, 0.15) is 20.3 Å². The normalized spacial score (nSPS) is 26.1. The molecule has 108 valence electrons. The lowest BCUT2D eigenvalue weighted by Crippen LogP contribution is -2.55. The third-order valence-electron chi connectivity index (χ3n) is 3.82. The summed E-state index contributed by atoms with van der Waals surface area (Å²) in [5.74, 6) is 0.0191. The molecule has 2 heterocycles. The lowest BCUT2D eigenvalue weighted by molar-refractivity contribution is -0.148. The highest BCUT2D eigenvalue weighted by Gasteiger charge is 2.40. The van der Waals surface area contributed by atoms with E-state index in [0.29, 0.717) is 39.3 Å². The molecule has 0 aliphatic carbocycles. The number of hydrogen-bond donors (Lipinski definition) is 1. The van der Waals surface area contributed by atoms with Gasteiger partial charge in [-0.1, -0.05) is 13.8 Å². The molecule has 0 unspecified atom stereocenters. The first-order chi connectivity index (χ1) is 9.02. The molecule has 6 nitrogen and oxygen atoms in total. The van der Waals surface area contributed by atoms with Gasteiger partial charge in [0.1, 0.15) is 6.04 Å². The Kier molecular flexibility index (Phi) is 4.42. The van der Waals surface area contributed by atoms with Crippen molar-refractivity contribution in [2.45, 2.75) is 32.4 Å². The van der Waals surface area contributed by atoms with Crippen molar-refractivity contribution in [2.75, 3.05) is 32.8 Å². The van der Waals surface area contributed by atoms with Gasteiger partial charge >= 0.3 is 0 Å². The van der Waals surface area contributed by atoms with E-state index in [9.17, 15) is 9.59 Å². The lowest BCUT2D eigenvalue weighted by atomic mass is 10.0. The summed E-state index contributed by atoms with van der Waals surface area (Å²) in [7, 11) is 0. The Morgan fingerprint density at radius 3 is 2.42 bits per heavy atom. The standard InChI is InChI=1S/C13H23N3O3/c1-9(2)11(16-4-3-10(14)12(16)17)13(18)15-5-7-19-8-6-15/h9-11H,3-8,14H2,1-2H3/t10-,11-/m0/s1. The molecule has 0 aromatic heterocycles. The number of nitrogens with two attached hydrogens (primary N) is 1. The number of hydrogen-bond acceptors (Lipinski definition) is 4. The molecule has 6 heteroatoms. The van der Waals surface area contributed by atoms with Gasteiger partial charge < -0.3 is 20.3 Å². The molecule has 2 amide bonds. The summed E-state index contributed by atoms with van der Waals surface area (Å²) >= 11 is 0. The first kappa shape index (κ1) is 14.3. The molecular formula is C13H23N3O3. The highest BCUT2D eigenvalue weighted by atomic mass is 16.5. The van der Waals surface area contributed by atoms with Crippen LogP contribution in [0.15, 0.2) is 0 Å². The van der Waals surface area contributed by atoms with Crippen LogP contribution in [0.2, 0.25) is 0 Å². The van der Waals surface area contributed by atoms with E-state index in [1.807, 2.05) is 13.8 Å². The van der Waals surface area contributed by atoms with E-state index in [2.05, 4.69) is 0 Å². The molecule has 2 aliphatic rings. The first-order valence-corrected chi connectivity index (χ1v) is 6.95. The zero-order chi connectivity index (χ0) is 14.0. The van der Waals surface area contributed by atoms with Crippen molar-refractivity contribution < 1.29 is 14.3 Å². The Bertz CT molecular complexity index is 353. The fourth-order valence-electron chi connectivity index (χ4n) is 2.75. The number of amides is 2. The fourth-order valence-corrected chi connectivity index (χ4v) is 2.75. The molecule has 2 N–H and O–H groups in total. The molecule has 2 fully saturated rings. The predicted molar refractivity (Wildman–Crippen MR) is 70.3 cm³/mol. The Morgan fingerprint density at radius 1 is 1.32 bits per heavy atom. The molecule has 0 bridgehead atoms. The third-order valence-corrected chi connectivity index (χ3v) is 3.82. The van der Waals surface area contributed by atoms with Gasteiger partial charge in [0.25, 0.3) is 0 Å². The third kappa shape index (κ3) is 2.90. The molecule has 0 spiro atoms. The Morgan fingerprint density at radius 2 is 1.95 bits per heavy atom. The smallest absolute Gasteiger partial charge is 0.245 e. The number of nitrogens with zero attached hydrogens (tertiary/aromatic N) is 2. The quantitative estimate of drug-likeness (QED) is 0.744. The molecular weight excluding hydrogens is 246 g/mol. The van der Waals surface area contributed by atoms with Crippen LogP contribution >= 0.6 is 0 Å². The van der Waals surface area contributed by atoms with E-state index in [0.717, 1.165) is 0 Å². The molecule has 0 aromatic rings. The summed E-state index contributed by atoms with van der Waals surface area (Å²) < 4.78 is 5.26. The molecule has 0 aromatic carbocycles. The number of carbonyl (C=O) groups is 2. The number of rotatable bonds is 3. The Hall–Kier alpha value is -1.14. The Balaban J connectivity index is 2.11. The average molecular weight is 269 g/mol. The maximum absolute atomic E-state index is 12.6. The topological polar surface area (TPSA) is 75.9 Å². The van der Waals surface area contributed by atoms with E-state index in [-0.39, 0.29) is 23.8 Å². The van der Waals surface area contributed by atoms with E-state index >= 15 is 0 Å². The average Bonchev–Trinajstić information content (AvgIpc) is 2.72. The summed E-state index contributed by atoms with van der Waals surface area (Å²) in [6, 6.07) is -0.835. The van der Waals surface area contributed by atoms with Crippen LogP contribution in [0.4, 0.5) is 0 Å². The van der Waals surface area contributed by atoms with E-state index in [1.54, 1.807) is 9.80 Å². The van der Waals surface area contributed by atoms with Gasteiger partial charge in [0.2, 0.25) is 11.8 Å². The van der Waals surface area contributed by atoms with Gasteiger partial charge in [0, 0.05) is 19.6 Å². The Labute approximate surface area is 113 Å². The number of ether oxygens (including phenoxy) is 1. The second-order valence-electron chi connectivity index (χ2n) is 5.55. The second-order valence-corrected chi connectivity index (χ2v) is 5.55. The van der Waals surface area contributed by atoms with Gasteiger partial charge in [-0.2, -0.15) is 0 Å². The molecule has 19 heavy (non-hydrogen) atoms. The van der Waals surface area contributed by atoms with Crippen LogP contribution in [-0.4, -0.2) is 66.5 Å². The van der Waals surface area contributed by atoms with Crippen LogP contribution in [0, 0.1) is 5.92 Å². The molecule has 2 aliphatic heterocycles.